The molecule has 0 atom stereocenters. The maximum atomic E-state index is 14.3. The number of Topliss-reactive ketones (excluding diaryl/α,β-unsaturated/α-hetero) is 1. The van der Waals surface area contributed by atoms with Crippen LogP contribution >= 0.6 is 0 Å². The number of halogens is 2. The summed E-state index contributed by atoms with van der Waals surface area (Å²) < 4.78 is 36.0. The number of aryl methyl sites for hydroxylation is 1. The second-order valence-corrected chi connectivity index (χ2v) is 8.92. The van der Waals surface area contributed by atoms with Crippen molar-refractivity contribution in [3.8, 4) is 17.1 Å². The average Bonchev–Trinajstić information content (AvgIpc) is 3.41. The van der Waals surface area contributed by atoms with Crippen molar-refractivity contribution in [3.63, 3.8) is 0 Å². The van der Waals surface area contributed by atoms with Crippen molar-refractivity contribution in [3.05, 3.63) is 60.4 Å². The second kappa shape index (κ2) is 12.1. The zero-order valence-electron chi connectivity index (χ0n) is 22.9. The van der Waals surface area contributed by atoms with Gasteiger partial charge in [-0.3, -0.25) is 9.48 Å². The molecule has 40 heavy (non-hydrogen) atoms. The van der Waals surface area contributed by atoms with Crippen LogP contribution in [0, 0.1) is 0 Å². The third-order valence-electron chi connectivity index (χ3n) is 6.14. The van der Waals surface area contributed by atoms with E-state index >= 15 is 0 Å². The Morgan fingerprint density at radius 1 is 1.07 bits per heavy atom. The average molecular weight is 552 g/mol. The molecule has 0 amide bonds. The lowest BCUT2D eigenvalue weighted by atomic mass is 10.1. The molecular formula is C27H31F2N9O2. The molecule has 0 unspecified atom stereocenters. The fourth-order valence-electron chi connectivity index (χ4n) is 4.05. The molecule has 4 aromatic rings. The van der Waals surface area contributed by atoms with Crippen molar-refractivity contribution >= 4 is 28.8 Å². The molecule has 2 N–H and O–H groups in total. The number of nitrogens with one attached hydrogen (secondary N) is 2. The highest BCUT2D eigenvalue weighted by Crippen LogP contribution is 2.41. The van der Waals surface area contributed by atoms with Gasteiger partial charge in [-0.15, -0.1) is 0 Å². The van der Waals surface area contributed by atoms with Gasteiger partial charge in [0.1, 0.15) is 23.7 Å². The van der Waals surface area contributed by atoms with Crippen molar-refractivity contribution in [2.75, 3.05) is 37.5 Å². The summed E-state index contributed by atoms with van der Waals surface area (Å²) in [5.41, 5.74) is 1.87. The molecule has 210 valence electrons. The zero-order chi connectivity index (χ0) is 28.9. The van der Waals surface area contributed by atoms with Gasteiger partial charge < -0.3 is 20.3 Å². The highest BCUT2D eigenvalue weighted by Gasteiger charge is 2.33. The van der Waals surface area contributed by atoms with Gasteiger partial charge in [0, 0.05) is 32.8 Å². The summed E-state index contributed by atoms with van der Waals surface area (Å²) in [5, 5.41) is 10.00. The normalized spacial score (nSPS) is 11.4. The van der Waals surface area contributed by atoms with Crippen LogP contribution in [0.1, 0.15) is 36.3 Å². The molecule has 13 heteroatoms. The van der Waals surface area contributed by atoms with E-state index in [9.17, 15) is 13.6 Å². The third kappa shape index (κ3) is 6.04. The van der Waals surface area contributed by atoms with E-state index < -0.39 is 18.2 Å². The summed E-state index contributed by atoms with van der Waals surface area (Å²) in [6.07, 6.45) is 5.60. The van der Waals surface area contributed by atoms with Crippen LogP contribution in [0.3, 0.4) is 0 Å². The predicted octanol–water partition coefficient (Wildman–Crippen LogP) is 4.48. The second-order valence-electron chi connectivity index (χ2n) is 8.92. The lowest BCUT2D eigenvalue weighted by molar-refractivity contribution is -0.00739. The Bertz CT molecular complexity index is 1480. The summed E-state index contributed by atoms with van der Waals surface area (Å²) in [5.74, 6) is -1.67. The van der Waals surface area contributed by atoms with Crippen LogP contribution in [0.2, 0.25) is 0 Å². The number of methoxy groups -OCH3 is 1. The fraction of sp³-hybridized carbons (Fsp3) is 0.333. The minimum absolute atomic E-state index is 0.102. The standard InChI is InChI=1S/C27H31F2N9O2/c1-6-21(39)18-12-32-23(35-24-14-31-22(13-33-24)27(28,29)15-30-7-2)11-20(18)38(4)19-10-8-9-17(25(19)40-5)26-34-16-37(3)36-26/h8-14,16,30H,6-7,15H2,1-5H3,(H,32,33,35). The summed E-state index contributed by atoms with van der Waals surface area (Å²) in [6.45, 7) is 3.40. The molecule has 4 rings (SSSR count). The number of hydrogen-bond donors (Lipinski definition) is 2. The van der Waals surface area contributed by atoms with Gasteiger partial charge in [0.05, 0.1) is 48.5 Å². The van der Waals surface area contributed by atoms with Crippen LogP contribution in [0.4, 0.5) is 31.8 Å². The lowest BCUT2D eigenvalue weighted by Gasteiger charge is -2.25. The number of anilines is 4. The highest BCUT2D eigenvalue weighted by molar-refractivity contribution is 6.02. The van der Waals surface area contributed by atoms with Gasteiger partial charge in [-0.2, -0.15) is 13.9 Å². The van der Waals surface area contributed by atoms with E-state index in [0.717, 1.165) is 6.20 Å². The molecule has 0 aliphatic carbocycles. The summed E-state index contributed by atoms with van der Waals surface area (Å²) >= 11 is 0. The van der Waals surface area contributed by atoms with Crippen molar-refractivity contribution in [2.45, 2.75) is 26.2 Å². The summed E-state index contributed by atoms with van der Waals surface area (Å²) in [6, 6.07) is 7.25. The molecule has 0 aliphatic rings. The Labute approximate surface area is 230 Å². The van der Waals surface area contributed by atoms with Crippen LogP contribution in [-0.2, 0) is 13.0 Å². The molecule has 0 radical (unpaired) electrons. The van der Waals surface area contributed by atoms with Gasteiger partial charge in [0.25, 0.3) is 0 Å². The number of alkyl halides is 2. The third-order valence-corrected chi connectivity index (χ3v) is 6.14. The molecule has 0 fully saturated rings. The number of pyridine rings is 1. The first-order chi connectivity index (χ1) is 19.2. The highest BCUT2D eigenvalue weighted by atomic mass is 19.3. The number of aromatic nitrogens is 6. The maximum Gasteiger partial charge on any atom is 0.303 e. The monoisotopic (exact) mass is 551 g/mol. The molecule has 11 nitrogen and oxygen atoms in total. The Hall–Kier alpha value is -4.52. The van der Waals surface area contributed by atoms with Crippen LogP contribution in [-0.4, -0.2) is 62.7 Å². The number of likely N-dealkylation sites (N-methyl/N-ethyl adjacent to an activating group) is 1. The van der Waals surface area contributed by atoms with E-state index in [4.69, 9.17) is 4.74 Å². The Morgan fingerprint density at radius 2 is 1.85 bits per heavy atom. The van der Waals surface area contributed by atoms with Crippen LogP contribution in [0.25, 0.3) is 11.4 Å². The minimum Gasteiger partial charge on any atom is -0.494 e. The topological polar surface area (TPSA) is 123 Å². The van der Waals surface area contributed by atoms with Crippen molar-refractivity contribution in [2.24, 2.45) is 7.05 Å². The largest absolute Gasteiger partial charge is 0.494 e. The first-order valence-electron chi connectivity index (χ1n) is 12.7. The Kier molecular flexibility index (Phi) is 8.63. The molecule has 0 aliphatic heterocycles. The first kappa shape index (κ1) is 28.5. The van der Waals surface area contributed by atoms with Crippen molar-refractivity contribution in [1.82, 2.24) is 35.0 Å². The number of carbonyl (C=O) groups is 1. The smallest absolute Gasteiger partial charge is 0.303 e. The number of carbonyl (C=O) groups excluding carboxylic acids is 1. The zero-order valence-corrected chi connectivity index (χ0v) is 22.9. The molecule has 0 saturated carbocycles. The van der Waals surface area contributed by atoms with E-state index in [1.807, 2.05) is 23.1 Å². The molecule has 0 spiro atoms. The van der Waals surface area contributed by atoms with Gasteiger partial charge in [0.15, 0.2) is 17.4 Å². The van der Waals surface area contributed by atoms with E-state index in [2.05, 4.69) is 35.7 Å². The minimum atomic E-state index is -3.16. The molecule has 0 saturated heterocycles. The molecule has 3 aromatic heterocycles. The molecular weight excluding hydrogens is 520 g/mol. The van der Waals surface area contributed by atoms with E-state index in [1.165, 1.54) is 12.4 Å². The van der Waals surface area contributed by atoms with Gasteiger partial charge in [-0.1, -0.05) is 19.9 Å². The van der Waals surface area contributed by atoms with Crippen LogP contribution < -0.4 is 20.3 Å². The summed E-state index contributed by atoms with van der Waals surface area (Å²) in [7, 11) is 5.14. The first-order valence-corrected chi connectivity index (χ1v) is 12.7. The number of para-hydroxylation sites is 1. The number of benzene rings is 1. The van der Waals surface area contributed by atoms with E-state index in [0.29, 0.717) is 46.4 Å². The van der Waals surface area contributed by atoms with Gasteiger partial charge in [0.2, 0.25) is 0 Å². The molecule has 0 bridgehead atoms. The number of hydrogen-bond acceptors (Lipinski definition) is 10. The number of ether oxygens (including phenoxy) is 1. The fourth-order valence-corrected chi connectivity index (χ4v) is 4.05. The number of ketones is 1. The SMILES string of the molecule is CCNCC(F)(F)c1cnc(Nc2cc(N(C)c3cccc(-c4ncn(C)n4)c3OC)c(C(=O)CC)cn2)cn1. The Balaban J connectivity index is 1.69. The molecule has 1 aromatic carbocycles. The van der Waals surface area contributed by atoms with E-state index in [-0.39, 0.29) is 18.0 Å². The van der Waals surface area contributed by atoms with Gasteiger partial charge >= 0.3 is 5.92 Å². The Morgan fingerprint density at radius 3 is 2.48 bits per heavy atom. The van der Waals surface area contributed by atoms with Crippen molar-refractivity contribution in [1.29, 1.82) is 0 Å². The van der Waals surface area contributed by atoms with Crippen LogP contribution in [0.15, 0.2) is 49.2 Å². The quantitative estimate of drug-likeness (QED) is 0.244. The number of nitrogens with zero attached hydrogens (tertiary/aromatic N) is 7. The maximum absolute atomic E-state index is 14.3. The predicted molar refractivity (Wildman–Crippen MR) is 148 cm³/mol. The van der Waals surface area contributed by atoms with Gasteiger partial charge in [-0.25, -0.2) is 19.9 Å². The summed E-state index contributed by atoms with van der Waals surface area (Å²) in [4.78, 5) is 31.4. The van der Waals surface area contributed by atoms with Crippen LogP contribution in [0.5, 0.6) is 5.75 Å². The van der Waals surface area contributed by atoms with Crippen molar-refractivity contribution < 1.29 is 18.3 Å². The van der Waals surface area contributed by atoms with E-state index in [1.54, 1.807) is 52.1 Å². The van der Waals surface area contributed by atoms with Gasteiger partial charge in [-0.05, 0) is 18.7 Å². The lowest BCUT2D eigenvalue weighted by Crippen LogP contribution is -2.31. The molecule has 3 heterocycles. The number of rotatable bonds is 12.